The fourth-order valence-electron chi connectivity index (χ4n) is 3.25. The van der Waals surface area contributed by atoms with Crippen LogP contribution in [-0.2, 0) is 15.1 Å². The van der Waals surface area contributed by atoms with Crippen molar-refractivity contribution in [2.45, 2.75) is 37.9 Å². The number of nitrogens with one attached hydrogen (secondary N) is 1. The van der Waals surface area contributed by atoms with Crippen LogP contribution < -0.4 is 16.0 Å². The molecule has 0 saturated carbocycles. The van der Waals surface area contributed by atoms with Crippen molar-refractivity contribution < 1.29 is 9.59 Å². The van der Waals surface area contributed by atoms with Gasteiger partial charge in [0, 0.05) is 11.7 Å². The molecule has 0 bridgehead atoms. The zero-order chi connectivity index (χ0) is 18.0. The molecule has 1 saturated heterocycles. The minimum Gasteiger partial charge on any atom is -0.342 e. The van der Waals surface area contributed by atoms with Gasteiger partial charge in [-0.3, -0.25) is 9.59 Å². The van der Waals surface area contributed by atoms with E-state index >= 15 is 0 Å². The summed E-state index contributed by atoms with van der Waals surface area (Å²) in [5.74, 6) is -0.449. The Hall–Kier alpha value is -2.66. The number of rotatable bonds is 4. The standard InChI is InChI=1S/C20H23N3O2/c1-14-13-17(18(24)23(14)16-11-7-4-8-12-16)22-19(25)20(2,21)15-9-5-3-6-10-15/h3-12,14,17H,13,21H2,1-2H3,(H,22,25). The summed E-state index contributed by atoms with van der Waals surface area (Å²) in [6.45, 7) is 3.64. The Bertz CT molecular complexity index is 759. The van der Waals surface area contributed by atoms with Gasteiger partial charge in [0.25, 0.3) is 0 Å². The molecule has 3 atom stereocenters. The predicted octanol–water partition coefficient (Wildman–Crippen LogP) is 2.17. The molecule has 0 aliphatic carbocycles. The van der Waals surface area contributed by atoms with E-state index in [1.807, 2.05) is 67.6 Å². The third kappa shape index (κ3) is 3.28. The van der Waals surface area contributed by atoms with Crippen LogP contribution in [-0.4, -0.2) is 23.9 Å². The van der Waals surface area contributed by atoms with E-state index in [0.29, 0.717) is 12.0 Å². The monoisotopic (exact) mass is 337 g/mol. The molecule has 0 aromatic heterocycles. The summed E-state index contributed by atoms with van der Waals surface area (Å²) in [7, 11) is 0. The molecule has 2 aromatic carbocycles. The summed E-state index contributed by atoms with van der Waals surface area (Å²) in [5, 5.41) is 2.84. The van der Waals surface area contributed by atoms with Crippen LogP contribution >= 0.6 is 0 Å². The molecule has 3 N–H and O–H groups in total. The second-order valence-corrected chi connectivity index (χ2v) is 6.72. The quantitative estimate of drug-likeness (QED) is 0.898. The van der Waals surface area contributed by atoms with Gasteiger partial charge < -0.3 is 16.0 Å². The second-order valence-electron chi connectivity index (χ2n) is 6.72. The van der Waals surface area contributed by atoms with Gasteiger partial charge in [0.1, 0.15) is 11.6 Å². The topological polar surface area (TPSA) is 75.4 Å². The molecule has 1 fully saturated rings. The average Bonchev–Trinajstić information content (AvgIpc) is 2.90. The maximum Gasteiger partial charge on any atom is 0.249 e. The molecule has 3 unspecified atom stereocenters. The summed E-state index contributed by atoms with van der Waals surface area (Å²) >= 11 is 0. The molecule has 3 rings (SSSR count). The summed E-state index contributed by atoms with van der Waals surface area (Å²) in [5.41, 5.74) is 6.62. The van der Waals surface area contributed by atoms with E-state index in [-0.39, 0.29) is 17.9 Å². The number of carbonyl (C=O) groups is 2. The first-order chi connectivity index (χ1) is 11.9. The zero-order valence-electron chi connectivity index (χ0n) is 14.5. The lowest BCUT2D eigenvalue weighted by molar-refractivity contribution is -0.130. The Kier molecular flexibility index (Phi) is 4.59. The van der Waals surface area contributed by atoms with Gasteiger partial charge in [-0.2, -0.15) is 0 Å². The van der Waals surface area contributed by atoms with Gasteiger partial charge in [0.05, 0.1) is 0 Å². The van der Waals surface area contributed by atoms with E-state index in [1.54, 1.807) is 11.8 Å². The SMILES string of the molecule is CC1CC(NC(=O)C(C)(N)c2ccccc2)C(=O)N1c1ccccc1. The van der Waals surface area contributed by atoms with Gasteiger partial charge in [0.15, 0.2) is 0 Å². The molecule has 25 heavy (non-hydrogen) atoms. The summed E-state index contributed by atoms with van der Waals surface area (Å²) in [6, 6.07) is 18.1. The van der Waals surface area contributed by atoms with Crippen LogP contribution in [0, 0.1) is 0 Å². The number of nitrogens with zero attached hydrogens (tertiary/aromatic N) is 1. The first-order valence-electron chi connectivity index (χ1n) is 8.44. The number of hydrogen-bond acceptors (Lipinski definition) is 3. The van der Waals surface area contributed by atoms with E-state index in [4.69, 9.17) is 5.73 Å². The van der Waals surface area contributed by atoms with Crippen molar-refractivity contribution in [3.8, 4) is 0 Å². The highest BCUT2D eigenvalue weighted by molar-refractivity contribution is 6.02. The predicted molar refractivity (Wildman–Crippen MR) is 97.9 cm³/mol. The normalized spacial score (nSPS) is 22.5. The van der Waals surface area contributed by atoms with Gasteiger partial charge >= 0.3 is 0 Å². The largest absolute Gasteiger partial charge is 0.342 e. The molecule has 0 radical (unpaired) electrons. The van der Waals surface area contributed by atoms with Crippen molar-refractivity contribution in [1.82, 2.24) is 5.32 Å². The molecular formula is C20H23N3O2. The van der Waals surface area contributed by atoms with Gasteiger partial charge in [-0.1, -0.05) is 48.5 Å². The fourth-order valence-corrected chi connectivity index (χ4v) is 3.25. The zero-order valence-corrected chi connectivity index (χ0v) is 14.5. The van der Waals surface area contributed by atoms with E-state index in [9.17, 15) is 9.59 Å². The Morgan fingerprint density at radius 2 is 1.68 bits per heavy atom. The van der Waals surface area contributed by atoms with Crippen molar-refractivity contribution in [2.24, 2.45) is 5.73 Å². The lowest BCUT2D eigenvalue weighted by atomic mass is 9.92. The van der Waals surface area contributed by atoms with Crippen molar-refractivity contribution >= 4 is 17.5 Å². The van der Waals surface area contributed by atoms with Crippen molar-refractivity contribution in [3.05, 3.63) is 66.2 Å². The molecule has 1 heterocycles. The van der Waals surface area contributed by atoms with Gasteiger partial charge in [-0.15, -0.1) is 0 Å². The maximum atomic E-state index is 12.8. The van der Waals surface area contributed by atoms with E-state index in [0.717, 1.165) is 5.69 Å². The number of carbonyl (C=O) groups excluding carboxylic acids is 2. The molecule has 5 heteroatoms. The molecule has 1 aliphatic rings. The number of para-hydroxylation sites is 1. The molecular weight excluding hydrogens is 314 g/mol. The van der Waals surface area contributed by atoms with Crippen LogP contribution in [0.5, 0.6) is 0 Å². The summed E-state index contributed by atoms with van der Waals surface area (Å²) in [4.78, 5) is 27.2. The van der Waals surface area contributed by atoms with Crippen LogP contribution in [0.3, 0.4) is 0 Å². The van der Waals surface area contributed by atoms with Gasteiger partial charge in [-0.25, -0.2) is 0 Å². The fraction of sp³-hybridized carbons (Fsp3) is 0.300. The third-order valence-corrected chi connectivity index (χ3v) is 4.74. The van der Waals surface area contributed by atoms with E-state index < -0.39 is 11.6 Å². The lowest BCUT2D eigenvalue weighted by Crippen LogP contribution is -2.53. The number of hydrogen-bond donors (Lipinski definition) is 2. The molecule has 130 valence electrons. The molecule has 1 aliphatic heterocycles. The van der Waals surface area contributed by atoms with Crippen LogP contribution in [0.4, 0.5) is 5.69 Å². The third-order valence-electron chi connectivity index (χ3n) is 4.74. The van der Waals surface area contributed by atoms with Crippen LogP contribution in [0.2, 0.25) is 0 Å². The second kappa shape index (κ2) is 6.69. The Balaban J connectivity index is 1.75. The highest BCUT2D eigenvalue weighted by atomic mass is 16.2. The number of anilines is 1. The van der Waals surface area contributed by atoms with Crippen molar-refractivity contribution in [3.63, 3.8) is 0 Å². The Morgan fingerprint density at radius 1 is 1.12 bits per heavy atom. The van der Waals surface area contributed by atoms with Crippen molar-refractivity contribution in [2.75, 3.05) is 4.90 Å². The maximum absolute atomic E-state index is 12.8. The van der Waals surface area contributed by atoms with Crippen LogP contribution in [0.15, 0.2) is 60.7 Å². The number of nitrogens with two attached hydrogens (primary N) is 1. The highest BCUT2D eigenvalue weighted by Crippen LogP contribution is 2.27. The minimum absolute atomic E-state index is 0.0148. The Morgan fingerprint density at radius 3 is 2.28 bits per heavy atom. The lowest BCUT2D eigenvalue weighted by Gasteiger charge is -2.26. The van der Waals surface area contributed by atoms with Crippen LogP contribution in [0.1, 0.15) is 25.8 Å². The molecule has 0 spiro atoms. The summed E-state index contributed by atoms with van der Waals surface area (Å²) < 4.78 is 0. The number of benzene rings is 2. The smallest absolute Gasteiger partial charge is 0.249 e. The molecule has 2 aromatic rings. The average molecular weight is 337 g/mol. The van der Waals surface area contributed by atoms with Crippen LogP contribution in [0.25, 0.3) is 0 Å². The first kappa shape index (κ1) is 17.2. The molecule has 2 amide bonds. The van der Waals surface area contributed by atoms with E-state index in [2.05, 4.69) is 5.32 Å². The van der Waals surface area contributed by atoms with Crippen molar-refractivity contribution in [1.29, 1.82) is 0 Å². The number of amides is 2. The van der Waals surface area contributed by atoms with Gasteiger partial charge in [-0.05, 0) is 38.0 Å². The van der Waals surface area contributed by atoms with Gasteiger partial charge in [0.2, 0.25) is 11.8 Å². The highest BCUT2D eigenvalue weighted by Gasteiger charge is 2.41. The Labute approximate surface area is 147 Å². The van der Waals surface area contributed by atoms with E-state index in [1.165, 1.54) is 0 Å². The minimum atomic E-state index is -1.19. The molecule has 5 nitrogen and oxygen atoms in total. The summed E-state index contributed by atoms with van der Waals surface area (Å²) in [6.07, 6.45) is 0.560. The first-order valence-corrected chi connectivity index (χ1v) is 8.44.